The summed E-state index contributed by atoms with van der Waals surface area (Å²) in [6.45, 7) is 0. The standard InChI is InChI=1S/C44H36I2N6O4/c45-33-15-23-35(24-16-33)47-43(55)39(27-29-7-3-1-4-8-29)49-41(53)31-11-19-37(20-12-31)51-52-38-21-13-32(14-22-38)42(54)50-40(28-30-9-5-2-6-10-30)44(56)48-36-25-17-34(46)18-26-36/h1-26,39-40H,27-28H2,(H,47,55)(H,48,56)(H,49,53)(H,50,54)/t39-,40-/m0/s1. The number of hydrogen-bond donors (Lipinski definition) is 4. The van der Waals surface area contributed by atoms with Gasteiger partial charge in [0.1, 0.15) is 12.1 Å². The summed E-state index contributed by atoms with van der Waals surface area (Å²) in [5.74, 6) is -1.46. The molecule has 0 saturated heterocycles. The van der Waals surface area contributed by atoms with E-state index in [0.717, 1.165) is 18.3 Å². The van der Waals surface area contributed by atoms with Crippen LogP contribution in [-0.2, 0) is 22.4 Å². The average molecular weight is 967 g/mol. The van der Waals surface area contributed by atoms with Crippen LogP contribution >= 0.6 is 45.2 Å². The summed E-state index contributed by atoms with van der Waals surface area (Å²) in [7, 11) is 0. The third kappa shape index (κ3) is 11.9. The van der Waals surface area contributed by atoms with Crippen molar-refractivity contribution in [3.8, 4) is 0 Å². The van der Waals surface area contributed by atoms with Crippen LogP contribution in [-0.4, -0.2) is 35.7 Å². The lowest BCUT2D eigenvalue weighted by atomic mass is 10.0. The van der Waals surface area contributed by atoms with Crippen LogP contribution in [0.4, 0.5) is 22.7 Å². The highest BCUT2D eigenvalue weighted by atomic mass is 127. The maximum Gasteiger partial charge on any atom is 0.251 e. The summed E-state index contributed by atoms with van der Waals surface area (Å²) in [6.07, 6.45) is 0.625. The van der Waals surface area contributed by atoms with E-state index in [0.29, 0.717) is 46.7 Å². The summed E-state index contributed by atoms with van der Waals surface area (Å²) >= 11 is 4.40. The molecule has 280 valence electrons. The number of nitrogens with one attached hydrogen (secondary N) is 4. The van der Waals surface area contributed by atoms with Crippen molar-refractivity contribution in [1.29, 1.82) is 0 Å². The van der Waals surface area contributed by atoms with Crippen LogP contribution in [0.3, 0.4) is 0 Å². The average Bonchev–Trinajstić information content (AvgIpc) is 3.22. The predicted molar refractivity (Wildman–Crippen MR) is 235 cm³/mol. The minimum atomic E-state index is -0.820. The minimum Gasteiger partial charge on any atom is -0.340 e. The zero-order valence-electron chi connectivity index (χ0n) is 29.9. The second kappa shape index (κ2) is 19.7. The molecule has 0 radical (unpaired) electrons. The topological polar surface area (TPSA) is 141 Å². The summed E-state index contributed by atoms with van der Waals surface area (Å²) in [5.41, 5.74) is 4.82. The normalized spacial score (nSPS) is 12.0. The number of amides is 4. The molecule has 6 aromatic carbocycles. The number of carbonyl (C=O) groups is 4. The highest BCUT2D eigenvalue weighted by molar-refractivity contribution is 14.1. The number of anilines is 2. The number of azo groups is 1. The van der Waals surface area contributed by atoms with Crippen LogP contribution < -0.4 is 21.3 Å². The van der Waals surface area contributed by atoms with Gasteiger partial charge in [0.05, 0.1) is 11.4 Å². The van der Waals surface area contributed by atoms with Gasteiger partial charge < -0.3 is 21.3 Å². The Bertz CT molecular complexity index is 2120. The summed E-state index contributed by atoms with van der Waals surface area (Å²) in [4.78, 5) is 53.3. The van der Waals surface area contributed by atoms with Crippen molar-refractivity contribution in [1.82, 2.24) is 10.6 Å². The zero-order chi connectivity index (χ0) is 39.3. The summed E-state index contributed by atoms with van der Waals surface area (Å²) in [5, 5.41) is 20.2. The van der Waals surface area contributed by atoms with Gasteiger partial charge in [0.2, 0.25) is 11.8 Å². The molecule has 0 bridgehead atoms. The van der Waals surface area contributed by atoms with Crippen molar-refractivity contribution >= 4 is 91.6 Å². The van der Waals surface area contributed by atoms with Gasteiger partial charge in [0.15, 0.2) is 0 Å². The number of rotatable bonds is 14. The molecule has 4 N–H and O–H groups in total. The van der Waals surface area contributed by atoms with Crippen molar-refractivity contribution in [2.75, 3.05) is 10.6 Å². The largest absolute Gasteiger partial charge is 0.340 e. The van der Waals surface area contributed by atoms with Gasteiger partial charge in [-0.15, -0.1) is 0 Å². The van der Waals surface area contributed by atoms with Crippen LogP contribution in [0.15, 0.2) is 168 Å². The van der Waals surface area contributed by atoms with Crippen LogP contribution in [0, 0.1) is 7.14 Å². The zero-order valence-corrected chi connectivity index (χ0v) is 34.2. The first-order valence-electron chi connectivity index (χ1n) is 17.6. The Morgan fingerprint density at radius 2 is 0.786 bits per heavy atom. The quantitative estimate of drug-likeness (QED) is 0.0638. The molecule has 56 heavy (non-hydrogen) atoms. The molecule has 0 saturated carbocycles. The fourth-order valence-electron chi connectivity index (χ4n) is 5.60. The van der Waals surface area contributed by atoms with Gasteiger partial charge in [-0.25, -0.2) is 0 Å². The van der Waals surface area contributed by atoms with E-state index in [-0.39, 0.29) is 11.8 Å². The number of halogens is 2. The summed E-state index contributed by atoms with van der Waals surface area (Å²) in [6, 6.07) is 45.3. The smallest absolute Gasteiger partial charge is 0.251 e. The molecule has 6 rings (SSSR count). The Labute approximate surface area is 351 Å². The Morgan fingerprint density at radius 1 is 0.446 bits per heavy atom. The van der Waals surface area contributed by atoms with E-state index in [1.54, 1.807) is 48.5 Å². The van der Waals surface area contributed by atoms with Gasteiger partial charge >= 0.3 is 0 Å². The van der Waals surface area contributed by atoms with E-state index < -0.39 is 23.9 Å². The van der Waals surface area contributed by atoms with Crippen LogP contribution in [0.5, 0.6) is 0 Å². The molecule has 0 aromatic heterocycles. The predicted octanol–water partition coefficient (Wildman–Crippen LogP) is 9.27. The van der Waals surface area contributed by atoms with Crippen molar-refractivity contribution in [2.45, 2.75) is 24.9 Å². The lowest BCUT2D eigenvalue weighted by Crippen LogP contribution is -2.45. The first-order chi connectivity index (χ1) is 27.2. The molecule has 12 heteroatoms. The van der Waals surface area contributed by atoms with Crippen LogP contribution in [0.2, 0.25) is 0 Å². The number of benzene rings is 6. The molecule has 2 atom stereocenters. The lowest BCUT2D eigenvalue weighted by Gasteiger charge is -2.19. The second-order valence-electron chi connectivity index (χ2n) is 12.7. The Balaban J connectivity index is 1.07. The van der Waals surface area contributed by atoms with Crippen molar-refractivity contribution in [3.63, 3.8) is 0 Å². The van der Waals surface area contributed by atoms with Gasteiger partial charge in [-0.2, -0.15) is 10.2 Å². The Hall–Kier alpha value is -5.74. The molecule has 4 amide bonds. The van der Waals surface area contributed by atoms with E-state index in [1.165, 1.54) is 0 Å². The molecule has 10 nitrogen and oxygen atoms in total. The van der Waals surface area contributed by atoms with E-state index in [2.05, 4.69) is 76.7 Å². The Morgan fingerprint density at radius 3 is 1.12 bits per heavy atom. The maximum atomic E-state index is 13.3. The van der Waals surface area contributed by atoms with Gasteiger partial charge in [-0.3, -0.25) is 19.2 Å². The van der Waals surface area contributed by atoms with Gasteiger partial charge in [0, 0.05) is 42.5 Å². The molecule has 0 aliphatic heterocycles. The lowest BCUT2D eigenvalue weighted by molar-refractivity contribution is -0.118. The first kappa shape index (κ1) is 39.9. The summed E-state index contributed by atoms with van der Waals surface area (Å²) < 4.78 is 2.09. The number of hydrogen-bond acceptors (Lipinski definition) is 6. The third-order valence-corrected chi connectivity index (χ3v) is 10.0. The maximum absolute atomic E-state index is 13.3. The van der Waals surface area contributed by atoms with Crippen LogP contribution in [0.1, 0.15) is 31.8 Å². The highest BCUT2D eigenvalue weighted by Gasteiger charge is 2.24. The molecule has 0 heterocycles. The monoisotopic (exact) mass is 966 g/mol. The molecule has 0 fully saturated rings. The second-order valence-corrected chi connectivity index (χ2v) is 15.2. The first-order valence-corrected chi connectivity index (χ1v) is 19.8. The number of carbonyl (C=O) groups excluding carboxylic acids is 4. The molecule has 6 aromatic rings. The molecular weight excluding hydrogens is 930 g/mol. The van der Waals surface area contributed by atoms with E-state index >= 15 is 0 Å². The molecule has 0 aliphatic carbocycles. The van der Waals surface area contributed by atoms with Crippen molar-refractivity contribution in [2.24, 2.45) is 10.2 Å². The SMILES string of the molecule is O=C(N[C@@H](Cc1ccccc1)C(=O)Nc1ccc(I)cc1)c1ccc(N=Nc2ccc(C(=O)N[C@@H](Cc3ccccc3)C(=O)Nc3ccc(I)cc3)cc2)cc1. The van der Waals surface area contributed by atoms with Crippen molar-refractivity contribution < 1.29 is 19.2 Å². The van der Waals surface area contributed by atoms with Crippen LogP contribution in [0.25, 0.3) is 0 Å². The molecule has 0 spiro atoms. The van der Waals surface area contributed by atoms with E-state index in [1.807, 2.05) is 109 Å². The van der Waals surface area contributed by atoms with Crippen molar-refractivity contribution in [3.05, 3.63) is 187 Å². The van der Waals surface area contributed by atoms with Gasteiger partial charge in [0.25, 0.3) is 11.8 Å². The van der Waals surface area contributed by atoms with E-state index in [9.17, 15) is 19.2 Å². The van der Waals surface area contributed by atoms with Gasteiger partial charge in [-0.05, 0) is 153 Å². The fourth-order valence-corrected chi connectivity index (χ4v) is 6.32. The van der Waals surface area contributed by atoms with Gasteiger partial charge in [-0.1, -0.05) is 60.7 Å². The third-order valence-electron chi connectivity index (χ3n) is 8.57. The minimum absolute atomic E-state index is 0.312. The molecular formula is C44H36I2N6O4. The molecule has 0 aliphatic rings. The Kier molecular flexibility index (Phi) is 14.1. The number of nitrogens with zero attached hydrogens (tertiary/aromatic N) is 2. The molecule has 0 unspecified atom stereocenters. The van der Waals surface area contributed by atoms with E-state index in [4.69, 9.17) is 0 Å². The fraction of sp³-hybridized carbons (Fsp3) is 0.0909. The highest BCUT2D eigenvalue weighted by Crippen LogP contribution is 2.21.